The lowest BCUT2D eigenvalue weighted by molar-refractivity contribution is -0.113. The molecule has 0 saturated carbocycles. The van der Waals surface area contributed by atoms with Gasteiger partial charge < -0.3 is 15.2 Å². The first-order valence-corrected chi connectivity index (χ1v) is 14.0. The molecular weight excluding hydrogens is 528 g/mol. The molecule has 1 atom stereocenters. The highest BCUT2D eigenvalue weighted by Gasteiger charge is 2.27. The van der Waals surface area contributed by atoms with Crippen LogP contribution < -0.4 is 10.6 Å². The van der Waals surface area contributed by atoms with Crippen LogP contribution in [0.15, 0.2) is 65.1 Å². The van der Waals surface area contributed by atoms with Crippen LogP contribution in [0.4, 0.5) is 5.13 Å². The number of halogens is 1. The Morgan fingerprint density at radius 3 is 2.51 bits per heavy atom. The van der Waals surface area contributed by atoms with Gasteiger partial charge in [-0.25, -0.2) is 4.98 Å². The molecule has 0 aliphatic heterocycles. The Kier molecular flexibility index (Phi) is 8.96. The Balaban J connectivity index is 1.42. The van der Waals surface area contributed by atoms with E-state index in [9.17, 15) is 9.59 Å². The minimum atomic E-state index is -0.383. The normalized spacial score (nSPS) is 11.9. The van der Waals surface area contributed by atoms with Gasteiger partial charge in [0.2, 0.25) is 5.91 Å². The molecule has 0 radical (unpaired) electrons. The van der Waals surface area contributed by atoms with Crippen molar-refractivity contribution in [2.24, 2.45) is 5.92 Å². The van der Waals surface area contributed by atoms with Crippen molar-refractivity contribution in [1.82, 2.24) is 25.1 Å². The van der Waals surface area contributed by atoms with E-state index in [0.29, 0.717) is 33.2 Å². The molecule has 0 fully saturated rings. The SMILES string of the molecule is CCn1c(SCC(=O)Nc2nc(-c3ccccc3)cs2)nnc1[C@@H](NC(=O)c1ccccc1Cl)C(C)C. The van der Waals surface area contributed by atoms with Crippen molar-refractivity contribution in [3.05, 3.63) is 76.4 Å². The van der Waals surface area contributed by atoms with Gasteiger partial charge in [-0.1, -0.05) is 79.7 Å². The molecule has 2 aromatic heterocycles. The number of carbonyl (C=O) groups is 2. The fourth-order valence-corrected chi connectivity index (χ4v) is 5.45. The monoisotopic (exact) mass is 554 g/mol. The maximum Gasteiger partial charge on any atom is 0.253 e. The first-order valence-electron chi connectivity index (χ1n) is 11.8. The second-order valence-electron chi connectivity index (χ2n) is 8.50. The van der Waals surface area contributed by atoms with Crippen molar-refractivity contribution in [3.8, 4) is 11.3 Å². The fourth-order valence-electron chi connectivity index (χ4n) is 3.69. The number of nitrogens with zero attached hydrogens (tertiary/aromatic N) is 4. The van der Waals surface area contributed by atoms with Gasteiger partial charge >= 0.3 is 0 Å². The lowest BCUT2D eigenvalue weighted by atomic mass is 10.0. The van der Waals surface area contributed by atoms with Crippen molar-refractivity contribution in [3.63, 3.8) is 0 Å². The molecule has 37 heavy (non-hydrogen) atoms. The summed E-state index contributed by atoms with van der Waals surface area (Å²) in [4.78, 5) is 30.1. The summed E-state index contributed by atoms with van der Waals surface area (Å²) >= 11 is 8.89. The number of benzene rings is 2. The molecule has 0 bridgehead atoms. The molecule has 0 saturated heterocycles. The number of thioether (sulfide) groups is 1. The van der Waals surface area contributed by atoms with Crippen LogP contribution in [0, 0.1) is 5.92 Å². The van der Waals surface area contributed by atoms with E-state index in [1.807, 2.05) is 61.1 Å². The van der Waals surface area contributed by atoms with Gasteiger partial charge in [-0.15, -0.1) is 21.5 Å². The van der Waals surface area contributed by atoms with Crippen LogP contribution in [0.25, 0.3) is 11.3 Å². The van der Waals surface area contributed by atoms with E-state index in [1.54, 1.807) is 24.3 Å². The molecule has 0 aliphatic rings. The molecule has 0 spiro atoms. The Morgan fingerprint density at radius 1 is 1.08 bits per heavy atom. The Bertz CT molecular complexity index is 1370. The third-order valence-electron chi connectivity index (χ3n) is 5.56. The van der Waals surface area contributed by atoms with Crippen LogP contribution in [0.2, 0.25) is 5.02 Å². The number of thiazole rings is 1. The minimum absolute atomic E-state index is 0.0470. The summed E-state index contributed by atoms with van der Waals surface area (Å²) in [5.74, 6) is 0.371. The quantitative estimate of drug-likeness (QED) is 0.235. The average Bonchev–Trinajstić information content (AvgIpc) is 3.53. The maximum atomic E-state index is 12.9. The summed E-state index contributed by atoms with van der Waals surface area (Å²) in [5, 5.41) is 18.1. The fraction of sp³-hybridized carbons (Fsp3) is 0.269. The number of rotatable bonds is 10. The number of hydrogen-bond donors (Lipinski definition) is 2. The summed E-state index contributed by atoms with van der Waals surface area (Å²) in [6.07, 6.45) is 0. The zero-order chi connectivity index (χ0) is 26.4. The Morgan fingerprint density at radius 2 is 1.81 bits per heavy atom. The average molecular weight is 555 g/mol. The van der Waals surface area contributed by atoms with Crippen molar-refractivity contribution < 1.29 is 9.59 Å². The molecule has 11 heteroatoms. The first-order chi connectivity index (χ1) is 17.9. The summed E-state index contributed by atoms with van der Waals surface area (Å²) in [5.41, 5.74) is 2.22. The van der Waals surface area contributed by atoms with E-state index >= 15 is 0 Å². The van der Waals surface area contributed by atoms with Crippen molar-refractivity contribution in [2.45, 2.75) is 38.5 Å². The second-order valence-corrected chi connectivity index (χ2v) is 10.7. The standard InChI is InChI=1S/C26H27ClN6O2S2/c1-4-33-23(22(16(2)3)30-24(35)18-12-8-9-13-19(18)27)31-32-26(33)37-15-21(34)29-25-28-20(14-36-25)17-10-6-5-7-11-17/h5-14,16,22H,4,15H2,1-3H3,(H,30,35)(H,28,29,34)/t22-/m0/s1. The maximum absolute atomic E-state index is 12.9. The zero-order valence-electron chi connectivity index (χ0n) is 20.6. The summed E-state index contributed by atoms with van der Waals surface area (Å²) in [6.45, 7) is 6.57. The van der Waals surface area contributed by atoms with Crippen LogP contribution in [0.3, 0.4) is 0 Å². The van der Waals surface area contributed by atoms with E-state index in [1.165, 1.54) is 23.1 Å². The highest BCUT2D eigenvalue weighted by Crippen LogP contribution is 2.27. The van der Waals surface area contributed by atoms with Gasteiger partial charge in [0.25, 0.3) is 5.91 Å². The third kappa shape index (κ3) is 6.57. The van der Waals surface area contributed by atoms with Gasteiger partial charge in [0.1, 0.15) is 0 Å². The Labute approximate surface area is 228 Å². The number of hydrogen-bond acceptors (Lipinski definition) is 7. The van der Waals surface area contributed by atoms with Crippen LogP contribution in [0.1, 0.15) is 43.0 Å². The van der Waals surface area contributed by atoms with Crippen LogP contribution >= 0.6 is 34.7 Å². The number of anilines is 1. The van der Waals surface area contributed by atoms with E-state index in [2.05, 4.69) is 25.8 Å². The van der Waals surface area contributed by atoms with E-state index in [-0.39, 0.29) is 29.5 Å². The summed E-state index contributed by atoms with van der Waals surface area (Å²) < 4.78 is 1.92. The zero-order valence-corrected chi connectivity index (χ0v) is 23.0. The summed E-state index contributed by atoms with van der Waals surface area (Å²) in [7, 11) is 0. The third-order valence-corrected chi connectivity index (χ3v) is 7.62. The van der Waals surface area contributed by atoms with E-state index < -0.39 is 0 Å². The van der Waals surface area contributed by atoms with Gasteiger partial charge in [-0.05, 0) is 25.0 Å². The van der Waals surface area contributed by atoms with Crippen LogP contribution in [-0.2, 0) is 11.3 Å². The first kappa shape index (κ1) is 26.8. The molecular formula is C26H27ClN6O2S2. The lowest BCUT2D eigenvalue weighted by Crippen LogP contribution is -2.34. The molecule has 192 valence electrons. The molecule has 2 amide bonds. The van der Waals surface area contributed by atoms with E-state index in [4.69, 9.17) is 11.6 Å². The highest BCUT2D eigenvalue weighted by atomic mass is 35.5. The number of amides is 2. The molecule has 4 rings (SSSR count). The molecule has 4 aromatic rings. The van der Waals surface area contributed by atoms with Gasteiger partial charge in [0.05, 0.1) is 28.1 Å². The number of nitrogens with one attached hydrogen (secondary N) is 2. The Hall–Kier alpha value is -3.21. The number of aromatic nitrogens is 4. The van der Waals surface area contributed by atoms with Crippen molar-refractivity contribution >= 4 is 51.6 Å². The number of carbonyl (C=O) groups excluding carboxylic acids is 2. The lowest BCUT2D eigenvalue weighted by Gasteiger charge is -2.22. The van der Waals surface area contributed by atoms with Crippen LogP contribution in [-0.4, -0.2) is 37.3 Å². The van der Waals surface area contributed by atoms with Gasteiger partial charge in [-0.2, -0.15) is 0 Å². The summed E-state index contributed by atoms with van der Waals surface area (Å²) in [6, 6.07) is 16.4. The predicted octanol–water partition coefficient (Wildman–Crippen LogP) is 5.93. The van der Waals surface area contributed by atoms with Gasteiger partial charge in [-0.3, -0.25) is 9.59 Å². The smallest absolute Gasteiger partial charge is 0.253 e. The van der Waals surface area contributed by atoms with Crippen LogP contribution in [0.5, 0.6) is 0 Å². The molecule has 2 N–H and O–H groups in total. The van der Waals surface area contributed by atoms with Gasteiger partial charge in [0, 0.05) is 17.5 Å². The second kappa shape index (κ2) is 12.4. The minimum Gasteiger partial charge on any atom is -0.342 e. The molecule has 2 aromatic carbocycles. The topological polar surface area (TPSA) is 102 Å². The highest BCUT2D eigenvalue weighted by molar-refractivity contribution is 7.99. The van der Waals surface area contributed by atoms with Crippen molar-refractivity contribution in [1.29, 1.82) is 0 Å². The molecule has 8 nitrogen and oxygen atoms in total. The van der Waals surface area contributed by atoms with Crippen molar-refractivity contribution in [2.75, 3.05) is 11.1 Å². The molecule has 2 heterocycles. The van der Waals surface area contributed by atoms with E-state index in [0.717, 1.165) is 11.3 Å². The largest absolute Gasteiger partial charge is 0.342 e. The molecule has 0 unspecified atom stereocenters. The predicted molar refractivity (Wildman–Crippen MR) is 149 cm³/mol. The van der Waals surface area contributed by atoms with Gasteiger partial charge in [0.15, 0.2) is 16.1 Å². The molecule has 0 aliphatic carbocycles.